The van der Waals surface area contributed by atoms with E-state index < -0.39 is 9.04 Å². The molecule has 19 heavy (non-hydrogen) atoms. The fourth-order valence-corrected chi connectivity index (χ4v) is 2.72. The van der Waals surface area contributed by atoms with Crippen LogP contribution in [0, 0.1) is 0 Å². The average molecular weight is 276 g/mol. The Balaban J connectivity index is 2.06. The zero-order chi connectivity index (χ0) is 14.0. The van der Waals surface area contributed by atoms with Crippen molar-refractivity contribution in [3.8, 4) is 0 Å². The summed E-state index contributed by atoms with van der Waals surface area (Å²) in [4.78, 5) is 8.38. The van der Waals surface area contributed by atoms with Crippen LogP contribution in [0.2, 0.25) is 11.6 Å². The first-order chi connectivity index (χ1) is 8.89. The molecule has 2 rings (SSSR count). The highest BCUT2D eigenvalue weighted by Gasteiger charge is 2.39. The van der Waals surface area contributed by atoms with Crippen LogP contribution >= 0.6 is 0 Å². The number of aromatic nitrogens is 3. The summed E-state index contributed by atoms with van der Waals surface area (Å²) >= 11 is 0. The molecule has 0 saturated carbocycles. The number of nitrogens with zero attached hydrogens (tertiary/aromatic N) is 3. The Morgan fingerprint density at radius 2 is 2.16 bits per heavy atom. The molecule has 2 aromatic rings. The van der Waals surface area contributed by atoms with Gasteiger partial charge in [0, 0.05) is 17.8 Å². The summed E-state index contributed by atoms with van der Waals surface area (Å²) in [5.74, 6) is 0. The maximum atomic E-state index is 6.08. The van der Waals surface area contributed by atoms with Gasteiger partial charge in [0.1, 0.15) is 23.6 Å². The summed E-state index contributed by atoms with van der Waals surface area (Å²) in [6.45, 7) is 11.8. The molecule has 0 aliphatic carbocycles. The molecular weight excluding hydrogens is 254 g/mol. The van der Waals surface area contributed by atoms with Crippen LogP contribution < -0.4 is 0 Å². The van der Waals surface area contributed by atoms with E-state index in [1.165, 1.54) is 0 Å². The van der Waals surface area contributed by atoms with Crippen molar-refractivity contribution in [2.45, 2.75) is 45.3 Å². The van der Waals surface area contributed by atoms with Crippen molar-refractivity contribution in [2.24, 2.45) is 0 Å². The lowest BCUT2D eigenvalue weighted by Gasteiger charge is -2.16. The summed E-state index contributed by atoms with van der Waals surface area (Å²) in [5.41, 5.74) is 0.978. The SMILES string of the molecule is CC(CO[Si+](C)C(C)(C)C)n1ccc2cncnc21. The smallest absolute Gasteiger partial charge is 0.327 e. The van der Waals surface area contributed by atoms with E-state index in [4.69, 9.17) is 4.43 Å². The Bertz CT molecular complexity index is 547. The quantitative estimate of drug-likeness (QED) is 0.803. The van der Waals surface area contributed by atoms with Gasteiger partial charge in [-0.25, -0.2) is 14.4 Å². The van der Waals surface area contributed by atoms with Crippen LogP contribution in [0.3, 0.4) is 0 Å². The van der Waals surface area contributed by atoms with Gasteiger partial charge >= 0.3 is 9.04 Å². The van der Waals surface area contributed by atoms with E-state index in [9.17, 15) is 0 Å². The number of hydrogen-bond acceptors (Lipinski definition) is 3. The maximum Gasteiger partial charge on any atom is 0.475 e. The molecule has 0 spiro atoms. The van der Waals surface area contributed by atoms with Crippen LogP contribution in [-0.4, -0.2) is 30.2 Å². The second-order valence-electron chi connectivity index (χ2n) is 5.99. The Hall–Kier alpha value is -1.20. The van der Waals surface area contributed by atoms with Gasteiger partial charge in [-0.1, -0.05) is 0 Å². The largest absolute Gasteiger partial charge is 0.475 e. The minimum absolute atomic E-state index is 0.269. The van der Waals surface area contributed by atoms with E-state index in [-0.39, 0.29) is 11.1 Å². The molecular formula is C14H22N3OSi+. The van der Waals surface area contributed by atoms with Crippen molar-refractivity contribution in [1.29, 1.82) is 0 Å². The third-order valence-corrected chi connectivity index (χ3v) is 6.16. The zero-order valence-corrected chi connectivity index (χ0v) is 13.3. The third kappa shape index (κ3) is 3.22. The van der Waals surface area contributed by atoms with Gasteiger partial charge in [0.05, 0.1) is 12.6 Å². The zero-order valence-electron chi connectivity index (χ0n) is 12.3. The molecule has 0 aromatic carbocycles. The highest BCUT2D eigenvalue weighted by Crippen LogP contribution is 2.28. The van der Waals surface area contributed by atoms with E-state index in [2.05, 4.69) is 55.0 Å². The molecule has 0 aliphatic rings. The minimum atomic E-state index is -0.789. The third-order valence-electron chi connectivity index (χ3n) is 3.45. The maximum absolute atomic E-state index is 6.08. The molecule has 2 heterocycles. The van der Waals surface area contributed by atoms with Crippen LogP contribution in [0.5, 0.6) is 0 Å². The van der Waals surface area contributed by atoms with E-state index in [0.29, 0.717) is 0 Å². The second-order valence-corrected chi connectivity index (χ2v) is 8.89. The highest BCUT2D eigenvalue weighted by atomic mass is 28.3. The molecule has 0 bridgehead atoms. The first-order valence-electron chi connectivity index (χ1n) is 6.63. The number of fused-ring (bicyclic) bond motifs is 1. The Labute approximate surface area is 116 Å². The fourth-order valence-electron chi connectivity index (χ4n) is 1.80. The molecule has 1 atom stereocenters. The van der Waals surface area contributed by atoms with Crippen molar-refractivity contribution >= 4 is 20.1 Å². The van der Waals surface area contributed by atoms with Gasteiger partial charge in [-0.15, -0.1) is 0 Å². The van der Waals surface area contributed by atoms with Gasteiger partial charge in [-0.2, -0.15) is 0 Å². The molecule has 0 fully saturated rings. The molecule has 0 amide bonds. The van der Waals surface area contributed by atoms with Gasteiger partial charge in [0.15, 0.2) is 0 Å². The van der Waals surface area contributed by atoms with E-state index in [1.807, 2.05) is 12.3 Å². The predicted octanol–water partition coefficient (Wildman–Crippen LogP) is 3.43. The molecule has 0 radical (unpaired) electrons. The predicted molar refractivity (Wildman–Crippen MR) is 79.5 cm³/mol. The first-order valence-corrected chi connectivity index (χ1v) is 8.54. The van der Waals surface area contributed by atoms with Gasteiger partial charge < -0.3 is 4.57 Å². The molecule has 5 heteroatoms. The van der Waals surface area contributed by atoms with Gasteiger partial charge in [0.2, 0.25) is 0 Å². The van der Waals surface area contributed by atoms with Crippen LogP contribution in [0.15, 0.2) is 24.8 Å². The molecule has 102 valence electrons. The Morgan fingerprint density at radius 3 is 2.84 bits per heavy atom. The summed E-state index contributed by atoms with van der Waals surface area (Å²) < 4.78 is 8.24. The Morgan fingerprint density at radius 1 is 1.42 bits per heavy atom. The average Bonchev–Trinajstić information content (AvgIpc) is 2.78. The van der Waals surface area contributed by atoms with Crippen molar-refractivity contribution in [2.75, 3.05) is 6.61 Å². The van der Waals surface area contributed by atoms with Crippen LogP contribution in [0.25, 0.3) is 11.0 Å². The van der Waals surface area contributed by atoms with E-state index in [0.717, 1.165) is 17.6 Å². The van der Waals surface area contributed by atoms with Gasteiger partial charge in [0.25, 0.3) is 0 Å². The van der Waals surface area contributed by atoms with Crippen molar-refractivity contribution in [1.82, 2.24) is 14.5 Å². The van der Waals surface area contributed by atoms with Gasteiger partial charge in [-0.3, -0.25) is 0 Å². The lowest BCUT2D eigenvalue weighted by Crippen LogP contribution is -2.28. The van der Waals surface area contributed by atoms with Crippen molar-refractivity contribution < 1.29 is 4.43 Å². The molecule has 4 nitrogen and oxygen atoms in total. The van der Waals surface area contributed by atoms with Crippen LogP contribution in [0.1, 0.15) is 33.7 Å². The van der Waals surface area contributed by atoms with Crippen LogP contribution in [0.4, 0.5) is 0 Å². The van der Waals surface area contributed by atoms with Gasteiger partial charge in [-0.05, 0) is 33.8 Å². The van der Waals surface area contributed by atoms with Crippen molar-refractivity contribution in [3.05, 3.63) is 24.8 Å². The van der Waals surface area contributed by atoms with Crippen LogP contribution in [-0.2, 0) is 4.43 Å². The molecule has 1 unspecified atom stereocenters. The molecule has 2 aromatic heterocycles. The first kappa shape index (κ1) is 14.2. The topological polar surface area (TPSA) is 39.9 Å². The normalized spacial score (nSPS) is 13.7. The summed E-state index contributed by atoms with van der Waals surface area (Å²) in [5, 5.41) is 1.35. The summed E-state index contributed by atoms with van der Waals surface area (Å²) in [7, 11) is -0.789. The lowest BCUT2D eigenvalue weighted by atomic mass is 10.3. The molecule has 0 aliphatic heterocycles. The molecule has 0 N–H and O–H groups in total. The standard InChI is InChI=1S/C14H22N3OSi/c1-11(9-18-19(5)14(2,3)4)17-7-6-12-8-15-10-16-13(12)17/h6-8,10-11H,9H2,1-5H3/q+1. The van der Waals surface area contributed by atoms with Crippen molar-refractivity contribution in [3.63, 3.8) is 0 Å². The minimum Gasteiger partial charge on any atom is -0.327 e. The highest BCUT2D eigenvalue weighted by molar-refractivity contribution is 6.53. The summed E-state index contributed by atoms with van der Waals surface area (Å²) in [6, 6.07) is 2.34. The number of rotatable bonds is 4. The van der Waals surface area contributed by atoms with E-state index >= 15 is 0 Å². The number of hydrogen-bond donors (Lipinski definition) is 0. The Kier molecular flexibility index (Phi) is 4.06. The monoisotopic (exact) mass is 276 g/mol. The summed E-state index contributed by atoms with van der Waals surface area (Å²) in [6.07, 6.45) is 5.50. The fraction of sp³-hybridized carbons (Fsp3) is 0.571. The van der Waals surface area contributed by atoms with E-state index in [1.54, 1.807) is 6.33 Å². The second kappa shape index (κ2) is 5.42. The lowest BCUT2D eigenvalue weighted by molar-refractivity contribution is 0.254. The molecule has 0 saturated heterocycles.